The number of fused-ring (bicyclic) bond motifs is 4. The van der Waals surface area contributed by atoms with Crippen molar-refractivity contribution >= 4 is 54.6 Å². The van der Waals surface area contributed by atoms with Gasteiger partial charge in [0.15, 0.2) is 6.61 Å². The maximum absolute atomic E-state index is 12.1. The molecule has 0 amide bonds. The minimum absolute atomic E-state index is 0.0671. The smallest absolute Gasteiger partial charge is 0.305 e. The van der Waals surface area contributed by atoms with Crippen molar-refractivity contribution in [3.8, 4) is 0 Å². The molecule has 5 rings (SSSR count). The number of rotatable bonds is 5. The second-order valence-corrected chi connectivity index (χ2v) is 8.95. The molecule has 1 aliphatic carbocycles. The van der Waals surface area contributed by atoms with Gasteiger partial charge in [0, 0.05) is 17.0 Å². The van der Waals surface area contributed by atoms with Gasteiger partial charge in [0.05, 0.1) is 26.9 Å². The molecule has 0 radical (unpaired) electrons. The topological polar surface area (TPSA) is 100.0 Å². The van der Waals surface area contributed by atoms with Crippen LogP contribution in [0, 0.1) is 4.91 Å². The van der Waals surface area contributed by atoms with Gasteiger partial charge in [-0.25, -0.2) is 14.8 Å². The summed E-state index contributed by atoms with van der Waals surface area (Å²) >= 11 is 2.80. The Hall–Kier alpha value is -2.85. The molecule has 8 nitrogen and oxygen atoms in total. The molecule has 2 N–H and O–H groups in total. The Labute approximate surface area is 173 Å². The fourth-order valence-corrected chi connectivity index (χ4v) is 5.79. The van der Waals surface area contributed by atoms with Gasteiger partial charge >= 0.3 is 4.87 Å². The molecule has 1 atom stereocenters. The van der Waals surface area contributed by atoms with Gasteiger partial charge in [0.25, 0.3) is 6.04 Å². The zero-order valence-electron chi connectivity index (χ0n) is 15.6. The third kappa shape index (κ3) is 3.28. The van der Waals surface area contributed by atoms with Crippen LogP contribution in [0.1, 0.15) is 23.8 Å². The zero-order chi connectivity index (χ0) is 20.0. The maximum Gasteiger partial charge on any atom is 0.305 e. The summed E-state index contributed by atoms with van der Waals surface area (Å²) in [6.45, 7) is 2.19. The molecule has 0 fully saturated rings. The van der Waals surface area contributed by atoms with Gasteiger partial charge < -0.3 is 10.3 Å². The van der Waals surface area contributed by atoms with Crippen LogP contribution in [0.3, 0.4) is 0 Å². The molecule has 0 saturated heterocycles. The molecule has 4 aromatic rings. The van der Waals surface area contributed by atoms with Gasteiger partial charge in [0.2, 0.25) is 4.92 Å². The van der Waals surface area contributed by atoms with E-state index in [2.05, 4.69) is 20.3 Å². The van der Waals surface area contributed by atoms with Crippen LogP contribution in [-0.4, -0.2) is 32.5 Å². The molecule has 1 aromatic carbocycles. The molecular formula is C19H18N5O3S2+. The van der Waals surface area contributed by atoms with Crippen LogP contribution in [0.2, 0.25) is 0 Å². The van der Waals surface area contributed by atoms with Crippen molar-refractivity contribution in [2.24, 2.45) is 0 Å². The van der Waals surface area contributed by atoms with E-state index in [1.54, 1.807) is 17.7 Å². The number of H-pyrrole nitrogens is 1. The van der Waals surface area contributed by atoms with Crippen molar-refractivity contribution in [3.63, 3.8) is 0 Å². The minimum atomic E-state index is -0.168. The Balaban J connectivity index is 1.50. The Morgan fingerprint density at radius 3 is 3.10 bits per heavy atom. The van der Waals surface area contributed by atoms with E-state index >= 15 is 0 Å². The van der Waals surface area contributed by atoms with Gasteiger partial charge in [-0.1, -0.05) is 11.3 Å². The second-order valence-electron chi connectivity index (χ2n) is 6.86. The first-order valence-electron chi connectivity index (χ1n) is 9.36. The zero-order valence-corrected chi connectivity index (χ0v) is 17.2. The van der Waals surface area contributed by atoms with E-state index in [9.17, 15) is 9.70 Å². The quantitative estimate of drug-likeness (QED) is 0.467. The van der Waals surface area contributed by atoms with Crippen LogP contribution < -0.4 is 10.2 Å². The van der Waals surface area contributed by atoms with Gasteiger partial charge in [-0.05, 0) is 37.1 Å². The molecular weight excluding hydrogens is 410 g/mol. The molecule has 1 aliphatic rings. The van der Waals surface area contributed by atoms with Crippen LogP contribution in [0.5, 0.6) is 0 Å². The third-order valence-corrected chi connectivity index (χ3v) is 7.07. The largest absolute Gasteiger partial charge is 0.340 e. The van der Waals surface area contributed by atoms with E-state index in [1.807, 2.05) is 25.1 Å². The number of nitrogens with zero attached hydrogens (tertiary/aromatic N) is 3. The summed E-state index contributed by atoms with van der Waals surface area (Å²) in [5.41, 5.74) is 2.90. The van der Waals surface area contributed by atoms with Gasteiger partial charge in [-0.15, -0.1) is 11.3 Å². The van der Waals surface area contributed by atoms with Crippen molar-refractivity contribution < 1.29 is 9.76 Å². The van der Waals surface area contributed by atoms with Crippen molar-refractivity contribution in [1.29, 1.82) is 0 Å². The van der Waals surface area contributed by atoms with Crippen molar-refractivity contribution in [2.45, 2.75) is 32.2 Å². The number of benzene rings is 1. The molecule has 3 aromatic heterocycles. The summed E-state index contributed by atoms with van der Waals surface area (Å²) in [6.07, 6.45) is 3.73. The van der Waals surface area contributed by atoms with Gasteiger partial charge in [0.1, 0.15) is 17.0 Å². The first kappa shape index (κ1) is 18.2. The standard InChI is InChI=1S/C19H17N5O3S2/c1-2-27-24(26)11-4-5-12-14(8-11)28-18-16(12)17(20-9-21-18)22-10-3-6-13-15(7-10)29-19(25)23-13/h3,6-7,9,11H,2,4-5,8H2,1H3,(H-,20,21,22,23,25)/p+1. The Morgan fingerprint density at radius 2 is 2.24 bits per heavy atom. The number of nitrogens with one attached hydrogen (secondary N) is 2. The number of thiophene rings is 1. The summed E-state index contributed by atoms with van der Waals surface area (Å²) in [6, 6.07) is 5.58. The molecule has 10 heteroatoms. The fraction of sp³-hybridized carbons (Fsp3) is 0.316. The number of aromatic nitrogens is 3. The maximum atomic E-state index is 12.1. The van der Waals surface area contributed by atoms with Crippen LogP contribution >= 0.6 is 22.7 Å². The SMILES string of the molecule is CCO[N+](=O)C1CCc2c(sc3ncnc(Nc4ccc5[nH]c(=O)sc5c4)c23)C1. The van der Waals surface area contributed by atoms with E-state index in [0.717, 1.165) is 49.7 Å². The number of hydrogen-bond acceptors (Lipinski definition) is 8. The average molecular weight is 429 g/mol. The van der Waals surface area contributed by atoms with E-state index < -0.39 is 0 Å². The minimum Gasteiger partial charge on any atom is -0.340 e. The Morgan fingerprint density at radius 1 is 1.34 bits per heavy atom. The normalized spacial score (nSPS) is 16.1. The number of aromatic amines is 1. The van der Waals surface area contributed by atoms with Crippen molar-refractivity contribution in [2.75, 3.05) is 11.9 Å². The van der Waals surface area contributed by atoms with E-state index in [0.29, 0.717) is 13.0 Å². The lowest BCUT2D eigenvalue weighted by Gasteiger charge is -2.15. The molecule has 0 bridgehead atoms. The number of hydrogen-bond donors (Lipinski definition) is 2. The van der Waals surface area contributed by atoms with Crippen LogP contribution in [0.15, 0.2) is 29.3 Å². The first-order chi connectivity index (χ1) is 14.1. The summed E-state index contributed by atoms with van der Waals surface area (Å²) in [7, 11) is 0. The summed E-state index contributed by atoms with van der Waals surface area (Å²) in [5, 5.41) is 4.40. The van der Waals surface area contributed by atoms with E-state index in [-0.39, 0.29) is 10.9 Å². The lowest BCUT2D eigenvalue weighted by molar-refractivity contribution is -0.826. The molecule has 0 aliphatic heterocycles. The monoisotopic (exact) mass is 428 g/mol. The van der Waals surface area contributed by atoms with Crippen LogP contribution in [0.25, 0.3) is 20.4 Å². The predicted octanol–water partition coefficient (Wildman–Crippen LogP) is 3.93. The molecule has 0 spiro atoms. The molecule has 148 valence electrons. The number of anilines is 2. The fourth-order valence-electron chi connectivity index (χ4n) is 3.76. The summed E-state index contributed by atoms with van der Waals surface area (Å²) in [5.74, 6) is 0.747. The number of thiazole rings is 1. The Kier molecular flexibility index (Phi) is 4.51. The molecule has 3 heterocycles. The second kappa shape index (κ2) is 7.20. The number of aryl methyl sites for hydroxylation is 1. The molecule has 1 unspecified atom stereocenters. The first-order valence-corrected chi connectivity index (χ1v) is 11.0. The highest BCUT2D eigenvalue weighted by Gasteiger charge is 2.35. The van der Waals surface area contributed by atoms with E-state index in [4.69, 9.17) is 4.84 Å². The lowest BCUT2D eigenvalue weighted by atomic mass is 9.93. The summed E-state index contributed by atoms with van der Waals surface area (Å²) < 4.78 is 0.895. The van der Waals surface area contributed by atoms with Gasteiger partial charge in [-0.2, -0.15) is 0 Å². The highest BCUT2D eigenvalue weighted by Crippen LogP contribution is 2.39. The Bertz CT molecular complexity index is 1290. The van der Waals surface area contributed by atoms with Crippen LogP contribution in [-0.2, 0) is 17.7 Å². The third-order valence-electron chi connectivity index (χ3n) is 5.06. The van der Waals surface area contributed by atoms with Crippen LogP contribution in [0.4, 0.5) is 11.5 Å². The van der Waals surface area contributed by atoms with E-state index in [1.165, 1.54) is 21.8 Å². The van der Waals surface area contributed by atoms with Crippen molar-refractivity contribution in [3.05, 3.63) is 49.5 Å². The molecule has 29 heavy (non-hydrogen) atoms. The average Bonchev–Trinajstić information content (AvgIpc) is 3.26. The van der Waals surface area contributed by atoms with Gasteiger partial charge in [-0.3, -0.25) is 4.79 Å². The predicted molar refractivity (Wildman–Crippen MR) is 114 cm³/mol. The highest BCUT2D eigenvalue weighted by molar-refractivity contribution is 7.19. The van der Waals surface area contributed by atoms with Crippen molar-refractivity contribution in [1.82, 2.24) is 15.0 Å². The summed E-state index contributed by atoms with van der Waals surface area (Å²) in [4.78, 5) is 43.3. The molecule has 0 saturated carbocycles. The lowest BCUT2D eigenvalue weighted by Crippen LogP contribution is -2.30. The highest BCUT2D eigenvalue weighted by atomic mass is 32.1.